The molecule has 1 aliphatic heterocycles. The van der Waals surface area contributed by atoms with Crippen LogP contribution in [0, 0.1) is 11.7 Å². The topological polar surface area (TPSA) is 75.9 Å². The molecule has 11 heteroatoms. The molecule has 2 aromatic heterocycles. The number of nitrogens with one attached hydrogen (secondary N) is 1. The number of aromatic nitrogens is 4. The third kappa shape index (κ3) is 5.11. The van der Waals surface area contributed by atoms with E-state index in [1.165, 1.54) is 41.3 Å². The van der Waals surface area contributed by atoms with Gasteiger partial charge in [-0.2, -0.15) is 5.10 Å². The number of piperidine rings is 1. The fraction of sp³-hybridized carbons (Fsp3) is 0.364. The lowest BCUT2D eigenvalue weighted by atomic mass is 9.88. The first kappa shape index (κ1) is 23.0. The van der Waals surface area contributed by atoms with E-state index in [-0.39, 0.29) is 24.6 Å². The van der Waals surface area contributed by atoms with Crippen LogP contribution in [0.4, 0.5) is 19.1 Å². The van der Waals surface area contributed by atoms with Crippen molar-refractivity contribution in [2.45, 2.75) is 25.3 Å². The van der Waals surface area contributed by atoms with Gasteiger partial charge in [-0.1, -0.05) is 30.7 Å². The zero-order chi connectivity index (χ0) is 23.8. The standard InChI is InChI=1S/C22H22ClF3N6O/c1-13-7-22(25,26)12-32(18(13)10-29-21-27-8-15(23)9-28-21)20(33)19-17(11-31(2)30-19)14-3-5-16(24)6-4-14/h3-6,8-9,11,13,18H,7,10,12H2,1-2H3,(H,27,28,29)/t13-,18-/m1/s1. The van der Waals surface area contributed by atoms with Crippen molar-refractivity contribution in [2.24, 2.45) is 13.0 Å². The number of hydrogen-bond donors (Lipinski definition) is 1. The van der Waals surface area contributed by atoms with Gasteiger partial charge in [0.15, 0.2) is 5.69 Å². The van der Waals surface area contributed by atoms with Crippen molar-refractivity contribution >= 4 is 23.5 Å². The second kappa shape index (κ2) is 9.01. The zero-order valence-electron chi connectivity index (χ0n) is 18.0. The molecule has 2 atom stereocenters. The minimum absolute atomic E-state index is 0.0294. The van der Waals surface area contributed by atoms with Crippen LogP contribution < -0.4 is 5.32 Å². The molecule has 0 aliphatic carbocycles. The van der Waals surface area contributed by atoms with Crippen LogP contribution in [0.3, 0.4) is 0 Å². The highest BCUT2D eigenvalue weighted by Gasteiger charge is 2.46. The van der Waals surface area contributed by atoms with Gasteiger partial charge in [0, 0.05) is 31.8 Å². The average molecular weight is 479 g/mol. The van der Waals surface area contributed by atoms with E-state index in [1.54, 1.807) is 20.2 Å². The Balaban J connectivity index is 1.64. The van der Waals surface area contributed by atoms with Gasteiger partial charge in [0.25, 0.3) is 11.8 Å². The van der Waals surface area contributed by atoms with Crippen LogP contribution in [0.25, 0.3) is 11.1 Å². The van der Waals surface area contributed by atoms with E-state index in [2.05, 4.69) is 20.4 Å². The van der Waals surface area contributed by atoms with Gasteiger partial charge in [-0.05, 0) is 23.6 Å². The average Bonchev–Trinajstić information content (AvgIpc) is 3.15. The molecule has 0 radical (unpaired) electrons. The number of aryl methyl sites for hydroxylation is 1. The lowest BCUT2D eigenvalue weighted by Gasteiger charge is -2.43. The number of benzene rings is 1. The molecule has 0 spiro atoms. The highest BCUT2D eigenvalue weighted by molar-refractivity contribution is 6.30. The quantitative estimate of drug-likeness (QED) is 0.592. The zero-order valence-corrected chi connectivity index (χ0v) is 18.7. The number of hydrogen-bond acceptors (Lipinski definition) is 5. The molecule has 1 aromatic carbocycles. The molecular weight excluding hydrogens is 457 g/mol. The Hall–Kier alpha value is -3.14. The largest absolute Gasteiger partial charge is 0.352 e. The molecule has 4 rings (SSSR count). The summed E-state index contributed by atoms with van der Waals surface area (Å²) in [5.41, 5.74) is 1.03. The Kier molecular flexibility index (Phi) is 6.29. The Morgan fingerprint density at radius 1 is 1.24 bits per heavy atom. The van der Waals surface area contributed by atoms with Gasteiger partial charge in [0.05, 0.1) is 30.0 Å². The summed E-state index contributed by atoms with van der Waals surface area (Å²) in [4.78, 5) is 22.8. The first-order valence-electron chi connectivity index (χ1n) is 10.3. The number of carbonyl (C=O) groups excluding carboxylic acids is 1. The van der Waals surface area contributed by atoms with Crippen molar-refractivity contribution in [1.82, 2.24) is 24.6 Å². The third-order valence-corrected chi connectivity index (χ3v) is 5.81. The van der Waals surface area contributed by atoms with E-state index < -0.39 is 36.2 Å². The predicted octanol–water partition coefficient (Wildman–Crippen LogP) is 4.27. The van der Waals surface area contributed by atoms with Crippen LogP contribution in [0.15, 0.2) is 42.9 Å². The first-order chi connectivity index (χ1) is 15.6. The van der Waals surface area contributed by atoms with Crippen LogP contribution >= 0.6 is 11.6 Å². The molecule has 7 nitrogen and oxygen atoms in total. The molecule has 1 saturated heterocycles. The maximum Gasteiger partial charge on any atom is 0.275 e. The van der Waals surface area contributed by atoms with Crippen LogP contribution in [-0.2, 0) is 7.05 Å². The normalized spacial score (nSPS) is 20.0. The number of anilines is 1. The summed E-state index contributed by atoms with van der Waals surface area (Å²) in [5.74, 6) is -4.30. The molecular formula is C22H22ClF3N6O. The molecule has 0 bridgehead atoms. The van der Waals surface area contributed by atoms with Crippen molar-refractivity contribution in [2.75, 3.05) is 18.4 Å². The highest BCUT2D eigenvalue weighted by atomic mass is 35.5. The highest BCUT2D eigenvalue weighted by Crippen LogP contribution is 2.36. The Bertz CT molecular complexity index is 1140. The maximum absolute atomic E-state index is 14.5. The molecule has 3 aromatic rings. The van der Waals surface area contributed by atoms with E-state index in [1.807, 2.05) is 0 Å². The lowest BCUT2D eigenvalue weighted by molar-refractivity contribution is -0.0898. The number of alkyl halides is 2. The summed E-state index contributed by atoms with van der Waals surface area (Å²) in [6.45, 7) is 1.12. The number of likely N-dealkylation sites (tertiary alicyclic amines) is 1. The number of amides is 1. The van der Waals surface area contributed by atoms with Crippen molar-refractivity contribution in [3.8, 4) is 11.1 Å². The van der Waals surface area contributed by atoms with Gasteiger partial charge in [-0.15, -0.1) is 0 Å². The van der Waals surface area contributed by atoms with Gasteiger partial charge in [-0.3, -0.25) is 9.48 Å². The molecule has 33 heavy (non-hydrogen) atoms. The van der Waals surface area contributed by atoms with E-state index >= 15 is 0 Å². The van der Waals surface area contributed by atoms with Crippen LogP contribution in [-0.4, -0.2) is 55.6 Å². The van der Waals surface area contributed by atoms with Crippen molar-refractivity contribution < 1.29 is 18.0 Å². The summed E-state index contributed by atoms with van der Waals surface area (Å²) < 4.78 is 43.8. The minimum Gasteiger partial charge on any atom is -0.352 e. The first-order valence-corrected chi connectivity index (χ1v) is 10.7. The number of rotatable bonds is 5. The van der Waals surface area contributed by atoms with E-state index in [9.17, 15) is 18.0 Å². The van der Waals surface area contributed by atoms with E-state index in [0.717, 1.165) is 4.90 Å². The van der Waals surface area contributed by atoms with E-state index in [0.29, 0.717) is 16.1 Å². The third-order valence-electron chi connectivity index (χ3n) is 5.62. The second-order valence-corrected chi connectivity index (χ2v) is 8.65. The minimum atomic E-state index is -3.03. The molecule has 1 amide bonds. The van der Waals surface area contributed by atoms with Gasteiger partial charge >= 0.3 is 0 Å². The number of nitrogens with zero attached hydrogens (tertiary/aromatic N) is 5. The lowest BCUT2D eigenvalue weighted by Crippen LogP contribution is -2.57. The van der Waals surface area contributed by atoms with Crippen molar-refractivity contribution in [3.05, 3.63) is 59.4 Å². The monoisotopic (exact) mass is 478 g/mol. The predicted molar refractivity (Wildman–Crippen MR) is 118 cm³/mol. The van der Waals surface area contributed by atoms with Gasteiger partial charge in [0.1, 0.15) is 5.82 Å². The van der Waals surface area contributed by atoms with Crippen LogP contribution in [0.2, 0.25) is 5.02 Å². The van der Waals surface area contributed by atoms with Crippen LogP contribution in [0.5, 0.6) is 0 Å². The number of carbonyl (C=O) groups is 1. The Morgan fingerprint density at radius 3 is 2.58 bits per heavy atom. The van der Waals surface area contributed by atoms with Gasteiger partial charge < -0.3 is 10.2 Å². The van der Waals surface area contributed by atoms with Crippen LogP contribution in [0.1, 0.15) is 23.8 Å². The van der Waals surface area contributed by atoms with Crippen molar-refractivity contribution in [1.29, 1.82) is 0 Å². The van der Waals surface area contributed by atoms with Crippen molar-refractivity contribution in [3.63, 3.8) is 0 Å². The van der Waals surface area contributed by atoms with E-state index in [4.69, 9.17) is 11.6 Å². The summed E-state index contributed by atoms with van der Waals surface area (Å²) in [7, 11) is 1.63. The Labute approximate surface area is 193 Å². The second-order valence-electron chi connectivity index (χ2n) is 8.22. The molecule has 1 N–H and O–H groups in total. The molecule has 0 saturated carbocycles. The molecule has 3 heterocycles. The SMILES string of the molecule is C[C@@H]1CC(F)(F)CN(C(=O)c2nn(C)cc2-c2ccc(F)cc2)[C@@H]1CNc1ncc(Cl)cn1. The summed E-state index contributed by atoms with van der Waals surface area (Å²) in [5, 5.41) is 7.62. The smallest absolute Gasteiger partial charge is 0.275 e. The summed E-state index contributed by atoms with van der Waals surface area (Å²) in [6.07, 6.45) is 4.10. The van der Waals surface area contributed by atoms with Gasteiger partial charge in [0.2, 0.25) is 5.95 Å². The fourth-order valence-electron chi connectivity index (χ4n) is 4.10. The molecule has 0 unspecified atom stereocenters. The molecule has 1 fully saturated rings. The summed E-state index contributed by atoms with van der Waals surface area (Å²) >= 11 is 5.80. The molecule has 174 valence electrons. The Morgan fingerprint density at radius 2 is 1.91 bits per heavy atom. The maximum atomic E-state index is 14.5. The summed E-state index contributed by atoms with van der Waals surface area (Å²) in [6, 6.07) is 5.03. The fourth-order valence-corrected chi connectivity index (χ4v) is 4.20. The van der Waals surface area contributed by atoms with Gasteiger partial charge in [-0.25, -0.2) is 23.1 Å². The molecule has 1 aliphatic rings. The number of halogens is 4.